The van der Waals surface area contributed by atoms with Gasteiger partial charge in [0.25, 0.3) is 11.8 Å². The van der Waals surface area contributed by atoms with Crippen LogP contribution in [-0.4, -0.2) is 84.2 Å². The number of fused-ring (bicyclic) bond motifs is 1. The van der Waals surface area contributed by atoms with Gasteiger partial charge in [0.15, 0.2) is 5.76 Å². The van der Waals surface area contributed by atoms with Gasteiger partial charge in [-0.2, -0.15) is 0 Å². The van der Waals surface area contributed by atoms with E-state index in [1.54, 1.807) is 6.07 Å². The highest BCUT2D eigenvalue weighted by Gasteiger charge is 2.54. The van der Waals surface area contributed by atoms with Crippen molar-refractivity contribution in [2.75, 3.05) is 32.7 Å². The lowest BCUT2D eigenvalue weighted by molar-refractivity contribution is -0.152. The Morgan fingerprint density at radius 3 is 2.65 bits per heavy atom. The number of primary amides is 1. The van der Waals surface area contributed by atoms with Crippen LogP contribution >= 0.6 is 11.8 Å². The van der Waals surface area contributed by atoms with Crippen molar-refractivity contribution in [3.63, 3.8) is 0 Å². The number of amides is 3. The molecular weight excluding hydrogens is 508 g/mol. The number of nitrogens with zero attached hydrogens (tertiary/aromatic N) is 2. The maximum Gasteiger partial charge on any atom is 0.404 e. The summed E-state index contributed by atoms with van der Waals surface area (Å²) in [5.41, 5.74) is 4.93. The minimum atomic E-state index is -1.02. The second kappa shape index (κ2) is 12.1. The Hall–Kier alpha value is -3.52. The van der Waals surface area contributed by atoms with Crippen molar-refractivity contribution >= 4 is 41.4 Å². The number of β-lactam (4-membered cyclic amide) rings is 1. The number of furan rings is 1. The molecule has 3 heterocycles. The molecule has 0 spiro atoms. The van der Waals surface area contributed by atoms with Crippen LogP contribution < -0.4 is 11.1 Å². The largest absolute Gasteiger partial charge is 0.462 e. The summed E-state index contributed by atoms with van der Waals surface area (Å²) in [4.78, 5) is 56.0. The predicted molar refractivity (Wildman–Crippen MR) is 131 cm³/mol. The minimum Gasteiger partial charge on any atom is -0.462 e. The molecule has 3 amide bonds. The van der Waals surface area contributed by atoms with Gasteiger partial charge >= 0.3 is 12.1 Å². The van der Waals surface area contributed by atoms with E-state index in [1.807, 2.05) is 20.8 Å². The highest BCUT2D eigenvalue weighted by atomic mass is 32.2. The molecular formula is C23H30N4O9S. The molecule has 1 saturated heterocycles. The molecule has 14 heteroatoms. The molecule has 2 aliphatic rings. The lowest BCUT2D eigenvalue weighted by Crippen LogP contribution is -2.71. The van der Waals surface area contributed by atoms with E-state index in [9.17, 15) is 19.2 Å². The Bertz CT molecular complexity index is 1080. The number of carbonyl (C=O) groups excluding carboxylic acids is 4. The SMILES string of the molecule is CO/N=C(\C(=O)N[C@@H]1C(=O)N2C(C(=O)OCCCOC(C)(C)C)=C(COC(N)=O)CS[C@H]12)c1ccco1. The lowest BCUT2D eigenvalue weighted by Gasteiger charge is -2.49. The Morgan fingerprint density at radius 2 is 2.03 bits per heavy atom. The first-order valence-corrected chi connectivity index (χ1v) is 12.4. The Morgan fingerprint density at radius 1 is 1.27 bits per heavy atom. The average molecular weight is 539 g/mol. The third-order valence-electron chi connectivity index (χ3n) is 5.12. The van der Waals surface area contributed by atoms with Gasteiger partial charge in [-0.05, 0) is 32.9 Å². The molecule has 0 aromatic carbocycles. The summed E-state index contributed by atoms with van der Waals surface area (Å²) in [6.07, 6.45) is 0.798. The number of thioether (sulfide) groups is 1. The molecule has 1 aromatic heterocycles. The minimum absolute atomic E-state index is 0.0333. The number of nitrogens with one attached hydrogen (secondary N) is 1. The molecule has 13 nitrogen and oxygen atoms in total. The van der Waals surface area contributed by atoms with E-state index in [2.05, 4.69) is 10.5 Å². The van der Waals surface area contributed by atoms with Crippen LogP contribution in [0.2, 0.25) is 0 Å². The van der Waals surface area contributed by atoms with Crippen molar-refractivity contribution in [3.8, 4) is 0 Å². The molecule has 2 aliphatic heterocycles. The summed E-state index contributed by atoms with van der Waals surface area (Å²) in [5.74, 6) is -1.58. The first-order chi connectivity index (χ1) is 17.5. The van der Waals surface area contributed by atoms with Gasteiger partial charge in [-0.25, -0.2) is 9.59 Å². The number of hydrogen-bond acceptors (Lipinski definition) is 11. The average Bonchev–Trinajstić information content (AvgIpc) is 3.37. The van der Waals surface area contributed by atoms with Gasteiger partial charge in [0.2, 0.25) is 5.71 Å². The van der Waals surface area contributed by atoms with Gasteiger partial charge in [0, 0.05) is 17.7 Å². The van der Waals surface area contributed by atoms with E-state index >= 15 is 0 Å². The normalized spacial score (nSPS) is 19.6. The zero-order chi connectivity index (χ0) is 27.2. The molecule has 0 bridgehead atoms. The van der Waals surface area contributed by atoms with E-state index < -0.39 is 35.3 Å². The topological polar surface area (TPSA) is 172 Å². The molecule has 1 fully saturated rings. The van der Waals surface area contributed by atoms with Crippen molar-refractivity contribution in [2.24, 2.45) is 10.9 Å². The number of rotatable bonds is 11. The highest BCUT2D eigenvalue weighted by molar-refractivity contribution is 8.00. The van der Waals surface area contributed by atoms with Crippen molar-refractivity contribution in [3.05, 3.63) is 35.4 Å². The third kappa shape index (κ3) is 7.04. The predicted octanol–water partition coefficient (Wildman–Crippen LogP) is 1.13. The first-order valence-electron chi connectivity index (χ1n) is 11.4. The first kappa shape index (κ1) is 28.1. The van der Waals surface area contributed by atoms with Gasteiger partial charge < -0.3 is 34.5 Å². The van der Waals surface area contributed by atoms with Crippen molar-refractivity contribution in [1.82, 2.24) is 10.2 Å². The standard InChI is InChI=1S/C23H30N4O9S/c1-23(2,3)36-10-6-9-34-21(30)17-13(11-35-22(24)31)12-37-20-16(19(29)27(17)20)25-18(28)15(26-32-4)14-7-5-8-33-14/h5,7-8,16,20H,6,9-12H2,1-4H3,(H2,24,31)(H,25,28)/b26-15-/t16-,20-/m1/s1. The van der Waals surface area contributed by atoms with Gasteiger partial charge in [-0.1, -0.05) is 5.16 Å². The molecule has 0 aliphatic carbocycles. The maximum atomic E-state index is 13.1. The van der Waals surface area contributed by atoms with Crippen LogP contribution in [0.4, 0.5) is 4.79 Å². The van der Waals surface area contributed by atoms with Gasteiger partial charge in [-0.3, -0.25) is 14.5 Å². The van der Waals surface area contributed by atoms with E-state index in [4.69, 9.17) is 29.2 Å². The van der Waals surface area contributed by atoms with Crippen LogP contribution in [0.5, 0.6) is 0 Å². The van der Waals surface area contributed by atoms with Crippen molar-refractivity contribution in [2.45, 2.75) is 44.2 Å². The van der Waals surface area contributed by atoms with E-state index in [0.717, 1.165) is 0 Å². The van der Waals surface area contributed by atoms with E-state index in [-0.39, 0.29) is 41.7 Å². The van der Waals surface area contributed by atoms with Gasteiger partial charge in [0.05, 0.1) is 25.1 Å². The fraction of sp³-hybridized carbons (Fsp3) is 0.522. The number of hydrogen-bond donors (Lipinski definition) is 2. The van der Waals surface area contributed by atoms with Gasteiger partial charge in [0.1, 0.15) is 30.8 Å². The second-order valence-corrected chi connectivity index (χ2v) is 10.1. The fourth-order valence-corrected chi connectivity index (χ4v) is 4.85. The molecule has 2 atom stereocenters. The smallest absolute Gasteiger partial charge is 0.404 e. The number of esters is 1. The second-order valence-electron chi connectivity index (χ2n) is 8.97. The Balaban J connectivity index is 1.71. The van der Waals surface area contributed by atoms with Crippen LogP contribution in [-0.2, 0) is 33.4 Å². The molecule has 37 heavy (non-hydrogen) atoms. The summed E-state index contributed by atoms with van der Waals surface area (Å²) >= 11 is 1.28. The van der Waals surface area contributed by atoms with E-state index in [1.165, 1.54) is 36.1 Å². The quantitative estimate of drug-likeness (QED) is 0.137. The molecule has 202 valence electrons. The fourth-order valence-electron chi connectivity index (χ4n) is 3.52. The monoisotopic (exact) mass is 538 g/mol. The van der Waals surface area contributed by atoms with Crippen molar-refractivity contribution < 1.29 is 42.6 Å². The molecule has 1 aromatic rings. The number of nitrogens with two attached hydrogens (primary N) is 1. The van der Waals surface area contributed by atoms with Crippen LogP contribution in [0.1, 0.15) is 33.0 Å². The third-order valence-corrected chi connectivity index (χ3v) is 6.46. The summed E-state index contributed by atoms with van der Waals surface area (Å²) in [6.45, 7) is 5.90. The van der Waals surface area contributed by atoms with Gasteiger partial charge in [-0.15, -0.1) is 11.8 Å². The summed E-state index contributed by atoms with van der Waals surface area (Å²) < 4.78 is 21.1. The Labute approximate surface area is 217 Å². The maximum absolute atomic E-state index is 13.1. The number of ether oxygens (including phenoxy) is 3. The molecule has 3 N–H and O–H groups in total. The van der Waals surface area contributed by atoms with Crippen LogP contribution in [0.15, 0.2) is 39.2 Å². The van der Waals surface area contributed by atoms with Crippen LogP contribution in [0.25, 0.3) is 0 Å². The van der Waals surface area contributed by atoms with Crippen molar-refractivity contribution in [1.29, 1.82) is 0 Å². The van der Waals surface area contributed by atoms with E-state index in [0.29, 0.717) is 18.6 Å². The number of oxime groups is 1. The zero-order valence-corrected chi connectivity index (χ0v) is 21.8. The summed E-state index contributed by atoms with van der Waals surface area (Å²) in [6, 6.07) is 2.15. The molecule has 0 saturated carbocycles. The molecule has 0 unspecified atom stereocenters. The van der Waals surface area contributed by atoms with Crippen LogP contribution in [0.3, 0.4) is 0 Å². The number of carbonyl (C=O) groups is 4. The Kier molecular flexibility index (Phi) is 9.21. The molecule has 3 rings (SSSR count). The van der Waals surface area contributed by atoms with Crippen LogP contribution in [0, 0.1) is 0 Å². The summed E-state index contributed by atoms with van der Waals surface area (Å²) in [5, 5.41) is 5.71. The summed E-state index contributed by atoms with van der Waals surface area (Å²) in [7, 11) is 1.27. The molecule has 0 radical (unpaired) electrons. The zero-order valence-electron chi connectivity index (χ0n) is 21.0. The lowest BCUT2D eigenvalue weighted by atomic mass is 10.0. The highest BCUT2D eigenvalue weighted by Crippen LogP contribution is 2.40.